The summed E-state index contributed by atoms with van der Waals surface area (Å²) in [5, 5.41) is 3.89. The van der Waals surface area contributed by atoms with Crippen LogP contribution in [0.5, 0.6) is 0 Å². The quantitative estimate of drug-likeness (QED) is 0.548. The zero-order chi connectivity index (χ0) is 22.9. The Hall–Kier alpha value is -2.49. The third-order valence-corrected chi connectivity index (χ3v) is 8.23. The lowest BCUT2D eigenvalue weighted by atomic mass is 10.1. The van der Waals surface area contributed by atoms with E-state index in [0.717, 1.165) is 35.3 Å². The van der Waals surface area contributed by atoms with E-state index in [1.807, 2.05) is 24.3 Å². The first-order valence-electron chi connectivity index (χ1n) is 10.1. The Morgan fingerprint density at radius 3 is 2.81 bits per heavy atom. The maximum atomic E-state index is 14.4. The van der Waals surface area contributed by atoms with Gasteiger partial charge in [-0.3, -0.25) is 4.79 Å². The lowest BCUT2D eigenvalue weighted by Crippen LogP contribution is -2.29. The Kier molecular flexibility index (Phi) is 6.50. The highest BCUT2D eigenvalue weighted by atomic mass is 35.5. The van der Waals surface area contributed by atoms with Crippen molar-refractivity contribution in [2.24, 2.45) is 0 Å². The van der Waals surface area contributed by atoms with Gasteiger partial charge in [0, 0.05) is 28.6 Å². The summed E-state index contributed by atoms with van der Waals surface area (Å²) in [4.78, 5) is 20.2. The number of carbonyl (C=O) groups is 1. The van der Waals surface area contributed by atoms with Gasteiger partial charge < -0.3 is 10.2 Å². The number of aromatic nitrogens is 1. The number of nitrogens with zero attached hydrogens (tertiary/aromatic N) is 2. The summed E-state index contributed by atoms with van der Waals surface area (Å²) in [7, 11) is -3.50. The van der Waals surface area contributed by atoms with Gasteiger partial charge in [0.15, 0.2) is 15.0 Å². The molecule has 0 spiro atoms. The zero-order valence-electron chi connectivity index (χ0n) is 17.3. The SMILES string of the molecule is CCS(=O)(=O)c1ccc(CC(=O)Nc2nc3c(s2)CN(c2cccc(Cl)c2)CC3)c(F)c1. The standard InChI is InChI=1S/C22H21ClFN3O3S2/c1-2-32(29,30)17-7-6-14(18(24)12-17)10-21(28)26-22-25-19-8-9-27(13-20(19)31-22)16-5-3-4-15(23)11-16/h3-7,11-12H,2,8-10,13H2,1H3,(H,25,26,28). The second-order valence-corrected chi connectivity index (χ2v) is 11.2. The van der Waals surface area contributed by atoms with Crippen LogP contribution in [0.1, 0.15) is 23.1 Å². The molecule has 0 atom stereocenters. The van der Waals surface area contributed by atoms with Gasteiger partial charge in [0.1, 0.15) is 5.82 Å². The fraction of sp³-hybridized carbons (Fsp3) is 0.273. The molecular weight excluding hydrogens is 473 g/mol. The molecule has 0 radical (unpaired) electrons. The van der Waals surface area contributed by atoms with Crippen molar-refractivity contribution in [2.45, 2.75) is 31.2 Å². The van der Waals surface area contributed by atoms with Crippen LogP contribution in [-0.4, -0.2) is 31.6 Å². The number of hydrogen-bond acceptors (Lipinski definition) is 6. The summed E-state index contributed by atoms with van der Waals surface area (Å²) in [6.07, 6.45) is 0.535. The molecule has 0 bridgehead atoms. The molecule has 1 amide bonds. The Morgan fingerprint density at radius 2 is 2.09 bits per heavy atom. The third kappa shape index (κ3) is 4.95. The number of anilines is 2. The number of hydrogen-bond donors (Lipinski definition) is 1. The van der Waals surface area contributed by atoms with Crippen LogP contribution in [0.15, 0.2) is 47.4 Å². The van der Waals surface area contributed by atoms with Crippen molar-refractivity contribution in [1.82, 2.24) is 4.98 Å². The van der Waals surface area contributed by atoms with Gasteiger partial charge >= 0.3 is 0 Å². The molecule has 0 saturated heterocycles. The average Bonchev–Trinajstić information content (AvgIpc) is 3.16. The summed E-state index contributed by atoms with van der Waals surface area (Å²) in [5.41, 5.74) is 2.11. The van der Waals surface area contributed by atoms with Gasteiger partial charge in [0.2, 0.25) is 5.91 Å². The van der Waals surface area contributed by atoms with E-state index in [2.05, 4.69) is 15.2 Å². The van der Waals surface area contributed by atoms with Crippen LogP contribution in [0.4, 0.5) is 15.2 Å². The highest BCUT2D eigenvalue weighted by molar-refractivity contribution is 7.91. The van der Waals surface area contributed by atoms with E-state index in [1.54, 1.807) is 0 Å². The van der Waals surface area contributed by atoms with Crippen molar-refractivity contribution in [3.63, 3.8) is 0 Å². The lowest BCUT2D eigenvalue weighted by molar-refractivity contribution is -0.115. The maximum Gasteiger partial charge on any atom is 0.230 e. The van der Waals surface area contributed by atoms with Crippen LogP contribution in [0.3, 0.4) is 0 Å². The number of fused-ring (bicyclic) bond motifs is 1. The van der Waals surface area contributed by atoms with Crippen LogP contribution in [0.25, 0.3) is 0 Å². The smallest absolute Gasteiger partial charge is 0.230 e. The Balaban J connectivity index is 1.42. The minimum atomic E-state index is -3.50. The Morgan fingerprint density at radius 1 is 1.28 bits per heavy atom. The zero-order valence-corrected chi connectivity index (χ0v) is 19.7. The second kappa shape index (κ2) is 9.17. The molecule has 1 aromatic heterocycles. The molecule has 1 aliphatic heterocycles. The van der Waals surface area contributed by atoms with Gasteiger partial charge in [-0.1, -0.05) is 42.0 Å². The van der Waals surface area contributed by atoms with Crippen LogP contribution < -0.4 is 10.2 Å². The van der Waals surface area contributed by atoms with Crippen molar-refractivity contribution < 1.29 is 17.6 Å². The molecule has 1 aliphatic rings. The summed E-state index contributed by atoms with van der Waals surface area (Å²) >= 11 is 7.50. The van der Waals surface area contributed by atoms with E-state index in [4.69, 9.17) is 11.6 Å². The van der Waals surface area contributed by atoms with Crippen LogP contribution in [0.2, 0.25) is 5.02 Å². The molecule has 32 heavy (non-hydrogen) atoms. The molecule has 0 fully saturated rings. The van der Waals surface area contributed by atoms with Gasteiger partial charge in [0.05, 0.1) is 29.3 Å². The highest BCUT2D eigenvalue weighted by Gasteiger charge is 2.22. The fourth-order valence-corrected chi connectivity index (χ4v) is 5.63. The minimum absolute atomic E-state index is 0.0847. The van der Waals surface area contributed by atoms with Gasteiger partial charge in [-0.05, 0) is 35.9 Å². The highest BCUT2D eigenvalue weighted by Crippen LogP contribution is 2.31. The number of halogens is 2. The number of sulfone groups is 1. The first-order valence-corrected chi connectivity index (χ1v) is 12.9. The first-order chi connectivity index (χ1) is 15.2. The summed E-state index contributed by atoms with van der Waals surface area (Å²) in [6, 6.07) is 11.3. The molecule has 6 nitrogen and oxygen atoms in total. The van der Waals surface area contributed by atoms with E-state index in [0.29, 0.717) is 16.7 Å². The van der Waals surface area contributed by atoms with E-state index in [-0.39, 0.29) is 22.6 Å². The topological polar surface area (TPSA) is 79.4 Å². The van der Waals surface area contributed by atoms with Crippen molar-refractivity contribution >= 4 is 49.5 Å². The molecule has 0 aliphatic carbocycles. The van der Waals surface area contributed by atoms with Crippen molar-refractivity contribution in [2.75, 3.05) is 22.5 Å². The second-order valence-electron chi connectivity index (χ2n) is 7.42. The van der Waals surface area contributed by atoms with Gasteiger partial charge in [-0.15, -0.1) is 0 Å². The van der Waals surface area contributed by atoms with E-state index < -0.39 is 21.6 Å². The Bertz CT molecular complexity index is 1280. The number of carbonyl (C=O) groups excluding carboxylic acids is 1. The number of rotatable bonds is 6. The Labute approximate surface area is 195 Å². The molecule has 168 valence electrons. The molecule has 10 heteroatoms. The minimum Gasteiger partial charge on any atom is -0.366 e. The number of amides is 1. The number of nitrogens with one attached hydrogen (secondary N) is 1. The van der Waals surface area contributed by atoms with Crippen LogP contribution >= 0.6 is 22.9 Å². The first kappa shape index (κ1) is 22.7. The van der Waals surface area contributed by atoms with E-state index in [9.17, 15) is 17.6 Å². The molecule has 0 saturated carbocycles. The van der Waals surface area contributed by atoms with Crippen molar-refractivity contribution in [1.29, 1.82) is 0 Å². The predicted octanol–water partition coefficient (Wildman–Crippen LogP) is 4.47. The normalized spacial score (nSPS) is 13.7. The summed E-state index contributed by atoms with van der Waals surface area (Å²) in [6.45, 7) is 2.96. The average molecular weight is 494 g/mol. The summed E-state index contributed by atoms with van der Waals surface area (Å²) in [5.74, 6) is -1.24. The van der Waals surface area contributed by atoms with Crippen LogP contribution in [-0.2, 0) is 34.0 Å². The number of benzene rings is 2. The van der Waals surface area contributed by atoms with Gasteiger partial charge in [0.25, 0.3) is 0 Å². The monoisotopic (exact) mass is 493 g/mol. The van der Waals surface area contributed by atoms with Gasteiger partial charge in [-0.25, -0.2) is 17.8 Å². The van der Waals surface area contributed by atoms with E-state index >= 15 is 0 Å². The van der Waals surface area contributed by atoms with Crippen molar-refractivity contribution in [3.8, 4) is 0 Å². The van der Waals surface area contributed by atoms with Gasteiger partial charge in [-0.2, -0.15) is 0 Å². The molecule has 0 unspecified atom stereocenters. The molecular formula is C22H21ClFN3O3S2. The van der Waals surface area contributed by atoms with Crippen LogP contribution in [0, 0.1) is 5.82 Å². The molecule has 1 N–H and O–H groups in total. The van der Waals surface area contributed by atoms with Crippen molar-refractivity contribution in [3.05, 3.63) is 69.4 Å². The lowest BCUT2D eigenvalue weighted by Gasteiger charge is -2.28. The molecule has 4 rings (SSSR count). The molecule has 3 aromatic rings. The third-order valence-electron chi connectivity index (χ3n) is 5.27. The number of thiazole rings is 1. The summed E-state index contributed by atoms with van der Waals surface area (Å²) < 4.78 is 38.1. The fourth-order valence-electron chi connectivity index (χ4n) is 3.51. The molecule has 2 aromatic carbocycles. The maximum absolute atomic E-state index is 14.4. The largest absolute Gasteiger partial charge is 0.366 e. The predicted molar refractivity (Wildman–Crippen MR) is 125 cm³/mol. The molecule has 2 heterocycles. The van der Waals surface area contributed by atoms with E-state index in [1.165, 1.54) is 30.4 Å².